The average molecular weight is 465 g/mol. The number of alkyl halides is 3. The molecule has 0 spiro atoms. The molecule has 2 amide bonds. The zero-order chi connectivity index (χ0) is 24.3. The fourth-order valence-electron chi connectivity index (χ4n) is 3.34. The Hall–Kier alpha value is -4.40. The summed E-state index contributed by atoms with van der Waals surface area (Å²) in [5.41, 5.74) is 0.950. The molecule has 0 fully saturated rings. The summed E-state index contributed by atoms with van der Waals surface area (Å²) in [6.07, 6.45) is -4.52. The van der Waals surface area contributed by atoms with Gasteiger partial charge in [0.1, 0.15) is 17.0 Å². The van der Waals surface area contributed by atoms with Crippen molar-refractivity contribution in [3.63, 3.8) is 0 Å². The van der Waals surface area contributed by atoms with Crippen LogP contribution in [-0.2, 0) is 6.18 Å². The molecule has 172 valence electrons. The third kappa shape index (κ3) is 4.98. The van der Waals surface area contributed by atoms with Gasteiger partial charge in [-0.15, -0.1) is 0 Å². The first kappa shape index (κ1) is 22.8. The number of aryl methyl sites for hydroxylation is 1. The number of rotatable bonds is 5. The largest absolute Gasteiger partial charge is 0.416 e. The highest BCUT2D eigenvalue weighted by atomic mass is 19.4. The normalized spacial score (nSPS) is 11.2. The zero-order valence-corrected chi connectivity index (χ0v) is 17.8. The topological polar surface area (TPSA) is 84.2 Å². The van der Waals surface area contributed by atoms with Gasteiger partial charge in [-0.05, 0) is 43.3 Å². The van der Waals surface area contributed by atoms with Crippen LogP contribution >= 0.6 is 0 Å². The van der Waals surface area contributed by atoms with E-state index in [2.05, 4.69) is 15.8 Å². The van der Waals surface area contributed by atoms with E-state index in [1.165, 1.54) is 24.3 Å². The minimum absolute atomic E-state index is 0.00172. The fraction of sp³-hybridized carbons (Fsp3) is 0.0800. The first-order chi connectivity index (χ1) is 16.2. The van der Waals surface area contributed by atoms with Gasteiger partial charge in [-0.1, -0.05) is 47.6 Å². The van der Waals surface area contributed by atoms with Crippen LogP contribution in [0.25, 0.3) is 11.3 Å². The second kappa shape index (κ2) is 9.22. The quantitative estimate of drug-likeness (QED) is 0.369. The number of aromatic nitrogens is 1. The Kier molecular flexibility index (Phi) is 6.18. The van der Waals surface area contributed by atoms with Gasteiger partial charge in [-0.2, -0.15) is 13.2 Å². The molecule has 0 saturated heterocycles. The van der Waals surface area contributed by atoms with Crippen molar-refractivity contribution in [1.82, 2.24) is 5.16 Å². The lowest BCUT2D eigenvalue weighted by Crippen LogP contribution is -2.16. The number of amides is 2. The van der Waals surface area contributed by atoms with Gasteiger partial charge < -0.3 is 15.2 Å². The van der Waals surface area contributed by atoms with E-state index in [4.69, 9.17) is 4.52 Å². The van der Waals surface area contributed by atoms with Crippen molar-refractivity contribution < 1.29 is 27.3 Å². The summed E-state index contributed by atoms with van der Waals surface area (Å²) in [6.45, 7) is 1.62. The van der Waals surface area contributed by atoms with Gasteiger partial charge in [-0.3, -0.25) is 9.59 Å². The molecular formula is C25H18F3N3O3. The van der Waals surface area contributed by atoms with Gasteiger partial charge in [0.15, 0.2) is 0 Å². The highest BCUT2D eigenvalue weighted by Gasteiger charge is 2.30. The smallest absolute Gasteiger partial charge is 0.360 e. The zero-order valence-electron chi connectivity index (χ0n) is 17.8. The maximum absolute atomic E-state index is 13.0. The highest BCUT2D eigenvalue weighted by molar-refractivity contribution is 6.10. The SMILES string of the molecule is Cc1onc(-c2ccccc2)c1C(=O)Nc1cccc(C(=O)Nc2cccc(C(F)(F)F)c2)c1. The van der Waals surface area contributed by atoms with E-state index in [-0.39, 0.29) is 16.8 Å². The fourth-order valence-corrected chi connectivity index (χ4v) is 3.34. The number of anilines is 2. The molecule has 4 rings (SSSR count). The van der Waals surface area contributed by atoms with Crippen LogP contribution in [0.4, 0.5) is 24.5 Å². The monoisotopic (exact) mass is 465 g/mol. The number of hydrogen-bond donors (Lipinski definition) is 2. The summed E-state index contributed by atoms with van der Waals surface area (Å²) in [5, 5.41) is 9.14. The van der Waals surface area contributed by atoms with Crippen LogP contribution in [-0.4, -0.2) is 17.0 Å². The molecule has 3 aromatic carbocycles. The predicted octanol–water partition coefficient (Wildman–Crippen LogP) is 6.17. The molecule has 2 N–H and O–H groups in total. The average Bonchev–Trinajstić information content (AvgIpc) is 3.21. The summed E-state index contributed by atoms with van der Waals surface area (Å²) in [5.74, 6) is -0.774. The highest BCUT2D eigenvalue weighted by Crippen LogP contribution is 2.31. The summed E-state index contributed by atoms with van der Waals surface area (Å²) in [4.78, 5) is 25.6. The van der Waals surface area contributed by atoms with Gasteiger partial charge >= 0.3 is 6.18 Å². The van der Waals surface area contributed by atoms with Crippen LogP contribution < -0.4 is 10.6 Å². The molecule has 0 aliphatic heterocycles. The lowest BCUT2D eigenvalue weighted by Gasteiger charge is -2.11. The van der Waals surface area contributed by atoms with Crippen molar-refractivity contribution in [3.05, 3.63) is 101 Å². The molecule has 0 aliphatic carbocycles. The maximum Gasteiger partial charge on any atom is 0.416 e. The minimum atomic E-state index is -4.52. The Bertz CT molecular complexity index is 1350. The first-order valence-electron chi connectivity index (χ1n) is 10.1. The van der Waals surface area contributed by atoms with Crippen LogP contribution in [0.1, 0.15) is 32.0 Å². The van der Waals surface area contributed by atoms with Gasteiger partial charge in [0.05, 0.1) is 5.56 Å². The molecule has 0 unspecified atom stereocenters. The molecule has 0 bridgehead atoms. The Morgan fingerprint density at radius 3 is 2.18 bits per heavy atom. The van der Waals surface area contributed by atoms with Crippen LogP contribution in [0.3, 0.4) is 0 Å². The van der Waals surface area contributed by atoms with Crippen molar-refractivity contribution >= 4 is 23.2 Å². The molecule has 34 heavy (non-hydrogen) atoms. The van der Waals surface area contributed by atoms with Crippen molar-refractivity contribution in [2.75, 3.05) is 10.6 Å². The number of carbonyl (C=O) groups excluding carboxylic acids is 2. The van der Waals surface area contributed by atoms with E-state index >= 15 is 0 Å². The van der Waals surface area contributed by atoms with Crippen LogP contribution in [0, 0.1) is 6.92 Å². The second-order valence-corrected chi connectivity index (χ2v) is 7.40. The number of nitrogens with zero attached hydrogens (tertiary/aromatic N) is 1. The molecule has 0 radical (unpaired) electrons. The molecule has 6 nitrogen and oxygen atoms in total. The van der Waals surface area contributed by atoms with Crippen molar-refractivity contribution in [3.8, 4) is 11.3 Å². The lowest BCUT2D eigenvalue weighted by molar-refractivity contribution is -0.137. The van der Waals surface area contributed by atoms with Crippen molar-refractivity contribution in [2.24, 2.45) is 0 Å². The van der Waals surface area contributed by atoms with E-state index in [0.717, 1.165) is 12.1 Å². The Balaban J connectivity index is 1.52. The Morgan fingerprint density at radius 2 is 1.47 bits per heavy atom. The van der Waals surface area contributed by atoms with E-state index in [1.54, 1.807) is 31.2 Å². The maximum atomic E-state index is 13.0. The molecule has 0 saturated carbocycles. The number of halogens is 3. The number of carbonyl (C=O) groups is 2. The molecule has 0 atom stereocenters. The lowest BCUT2D eigenvalue weighted by atomic mass is 10.1. The third-order valence-corrected chi connectivity index (χ3v) is 4.97. The first-order valence-corrected chi connectivity index (χ1v) is 10.1. The molecule has 1 aromatic heterocycles. The Morgan fingerprint density at radius 1 is 0.824 bits per heavy atom. The van der Waals surface area contributed by atoms with Crippen LogP contribution in [0.15, 0.2) is 83.4 Å². The minimum Gasteiger partial charge on any atom is -0.360 e. The van der Waals surface area contributed by atoms with E-state index in [0.29, 0.717) is 22.7 Å². The second-order valence-electron chi connectivity index (χ2n) is 7.40. The van der Waals surface area contributed by atoms with Crippen molar-refractivity contribution in [1.29, 1.82) is 0 Å². The van der Waals surface area contributed by atoms with Gasteiger partial charge in [0.2, 0.25) is 0 Å². The van der Waals surface area contributed by atoms with E-state index in [1.807, 2.05) is 18.2 Å². The number of nitrogens with one attached hydrogen (secondary N) is 2. The van der Waals surface area contributed by atoms with Gasteiger partial charge in [0, 0.05) is 22.5 Å². The number of benzene rings is 3. The van der Waals surface area contributed by atoms with E-state index < -0.39 is 23.6 Å². The standard InChI is InChI=1S/C25H18F3N3O3/c1-15-21(22(31-34-15)16-7-3-2-4-8-16)24(33)30-19-11-5-9-17(13-19)23(32)29-20-12-6-10-18(14-20)25(26,27)28/h2-14H,1H3,(H,29,32)(H,30,33). The van der Waals surface area contributed by atoms with Gasteiger partial charge in [-0.25, -0.2) is 0 Å². The van der Waals surface area contributed by atoms with Gasteiger partial charge in [0.25, 0.3) is 11.8 Å². The Labute approximate surface area is 192 Å². The summed E-state index contributed by atoms with van der Waals surface area (Å²) >= 11 is 0. The molecule has 9 heteroatoms. The van der Waals surface area contributed by atoms with Crippen LogP contribution in [0.5, 0.6) is 0 Å². The number of hydrogen-bond acceptors (Lipinski definition) is 4. The molecular weight excluding hydrogens is 447 g/mol. The predicted molar refractivity (Wildman–Crippen MR) is 120 cm³/mol. The molecule has 4 aromatic rings. The summed E-state index contributed by atoms with van der Waals surface area (Å²) < 4.78 is 44.0. The van der Waals surface area contributed by atoms with Crippen LogP contribution in [0.2, 0.25) is 0 Å². The van der Waals surface area contributed by atoms with E-state index in [9.17, 15) is 22.8 Å². The third-order valence-electron chi connectivity index (χ3n) is 4.97. The molecule has 1 heterocycles. The summed E-state index contributed by atoms with van der Waals surface area (Å²) in [6, 6.07) is 19.4. The molecule has 0 aliphatic rings. The summed E-state index contributed by atoms with van der Waals surface area (Å²) in [7, 11) is 0. The van der Waals surface area contributed by atoms with Crippen molar-refractivity contribution in [2.45, 2.75) is 13.1 Å².